The Morgan fingerprint density at radius 2 is 2.19 bits per heavy atom. The molecule has 26 heavy (non-hydrogen) atoms. The summed E-state index contributed by atoms with van der Waals surface area (Å²) in [5, 5.41) is 6.96. The highest BCUT2D eigenvalue weighted by Gasteiger charge is 2.53. The molecular weight excluding hydrogens is 339 g/mol. The van der Waals surface area contributed by atoms with E-state index in [4.69, 9.17) is 4.74 Å². The molecule has 2 fully saturated rings. The van der Waals surface area contributed by atoms with Crippen LogP contribution in [0.1, 0.15) is 23.3 Å². The third kappa shape index (κ3) is 3.03. The van der Waals surface area contributed by atoms with Crippen molar-refractivity contribution in [1.29, 1.82) is 0 Å². The van der Waals surface area contributed by atoms with Crippen LogP contribution in [0.5, 0.6) is 0 Å². The minimum Gasteiger partial charge on any atom is -0.371 e. The highest BCUT2D eigenvalue weighted by Crippen LogP contribution is 2.42. The molecule has 1 amide bonds. The average Bonchev–Trinajstić information content (AvgIpc) is 3.21. The number of carbonyl (C=O) groups excluding carboxylic acids is 1. The summed E-state index contributed by atoms with van der Waals surface area (Å²) in [6.07, 6.45) is 5.78. The molecule has 8 nitrogen and oxygen atoms in total. The zero-order chi connectivity index (χ0) is 18.1. The van der Waals surface area contributed by atoms with Crippen LogP contribution in [0.25, 0.3) is 0 Å². The van der Waals surface area contributed by atoms with E-state index in [9.17, 15) is 9.18 Å². The quantitative estimate of drug-likeness (QED) is 0.848. The van der Waals surface area contributed by atoms with Gasteiger partial charge in [-0.25, -0.2) is 14.4 Å². The molecule has 2 aromatic rings. The van der Waals surface area contributed by atoms with Crippen LogP contribution in [-0.4, -0.2) is 57.5 Å². The maximum Gasteiger partial charge on any atom is 0.269 e. The van der Waals surface area contributed by atoms with Crippen molar-refractivity contribution < 1.29 is 13.9 Å². The van der Waals surface area contributed by atoms with E-state index in [1.807, 2.05) is 4.90 Å². The summed E-state index contributed by atoms with van der Waals surface area (Å²) < 4.78 is 20.5. The van der Waals surface area contributed by atoms with E-state index >= 15 is 0 Å². The predicted octanol–water partition coefficient (Wildman–Crippen LogP) is 0.765. The van der Waals surface area contributed by atoms with E-state index in [1.165, 1.54) is 12.4 Å². The molecule has 4 rings (SSSR count). The maximum atomic E-state index is 13.0. The van der Waals surface area contributed by atoms with Crippen molar-refractivity contribution in [2.75, 3.05) is 31.1 Å². The van der Waals surface area contributed by atoms with Crippen LogP contribution >= 0.6 is 0 Å². The van der Waals surface area contributed by atoms with Gasteiger partial charge in [0, 0.05) is 26.4 Å². The number of ether oxygens (including phenoxy) is 1. The van der Waals surface area contributed by atoms with Crippen molar-refractivity contribution in [3.8, 4) is 0 Å². The number of nitrogens with one attached hydrogen (secondary N) is 1. The fourth-order valence-corrected chi connectivity index (χ4v) is 3.80. The smallest absolute Gasteiger partial charge is 0.269 e. The summed E-state index contributed by atoms with van der Waals surface area (Å²) >= 11 is 0. The summed E-state index contributed by atoms with van der Waals surface area (Å²) in [7, 11) is 1.75. The Kier molecular flexibility index (Phi) is 4.31. The number of anilines is 1. The van der Waals surface area contributed by atoms with Gasteiger partial charge in [0.05, 0.1) is 25.5 Å². The van der Waals surface area contributed by atoms with Gasteiger partial charge in [0.25, 0.3) is 5.91 Å². The summed E-state index contributed by atoms with van der Waals surface area (Å²) in [6, 6.07) is 1.70. The highest BCUT2D eigenvalue weighted by atomic mass is 19.1. The molecule has 9 heteroatoms. The minimum atomic E-state index is -0.442. The summed E-state index contributed by atoms with van der Waals surface area (Å²) in [6.45, 7) is 2.70. The van der Waals surface area contributed by atoms with E-state index in [1.54, 1.807) is 24.0 Å². The van der Waals surface area contributed by atoms with Crippen molar-refractivity contribution in [2.45, 2.75) is 18.4 Å². The van der Waals surface area contributed by atoms with E-state index in [0.717, 1.165) is 19.4 Å². The second-order valence-electron chi connectivity index (χ2n) is 6.84. The normalized spacial score (nSPS) is 21.0. The molecule has 138 valence electrons. The van der Waals surface area contributed by atoms with Gasteiger partial charge >= 0.3 is 0 Å². The lowest BCUT2D eigenvalue weighted by Crippen LogP contribution is -2.65. The minimum absolute atomic E-state index is 0.118. The fraction of sp³-hybridized carbons (Fsp3) is 0.529. The number of aromatic nitrogens is 4. The highest BCUT2D eigenvalue weighted by molar-refractivity contribution is 5.92. The van der Waals surface area contributed by atoms with Crippen LogP contribution in [0.3, 0.4) is 0 Å². The molecule has 2 saturated heterocycles. The van der Waals surface area contributed by atoms with Crippen LogP contribution in [0.15, 0.2) is 24.7 Å². The van der Waals surface area contributed by atoms with E-state index in [-0.39, 0.29) is 11.5 Å². The maximum absolute atomic E-state index is 13.0. The molecule has 0 aliphatic carbocycles. The Labute approximate surface area is 150 Å². The second kappa shape index (κ2) is 6.64. The van der Waals surface area contributed by atoms with Crippen LogP contribution in [0.4, 0.5) is 10.3 Å². The van der Waals surface area contributed by atoms with Crippen molar-refractivity contribution in [3.63, 3.8) is 0 Å². The molecule has 2 aliphatic rings. The summed E-state index contributed by atoms with van der Waals surface area (Å²) in [5.74, 6) is 0.331. The van der Waals surface area contributed by atoms with Gasteiger partial charge in [-0.3, -0.25) is 9.48 Å². The molecule has 1 spiro atoms. The molecule has 0 saturated carbocycles. The van der Waals surface area contributed by atoms with Gasteiger partial charge < -0.3 is 15.0 Å². The Morgan fingerprint density at radius 1 is 1.42 bits per heavy atom. The van der Waals surface area contributed by atoms with Crippen molar-refractivity contribution in [2.24, 2.45) is 13.0 Å². The zero-order valence-corrected chi connectivity index (χ0v) is 14.6. The molecule has 0 aromatic carbocycles. The molecule has 2 aliphatic heterocycles. The first-order valence-electron chi connectivity index (χ1n) is 8.70. The van der Waals surface area contributed by atoms with Crippen molar-refractivity contribution in [3.05, 3.63) is 36.2 Å². The number of nitrogens with zero attached hydrogens (tertiary/aromatic N) is 5. The summed E-state index contributed by atoms with van der Waals surface area (Å²) in [4.78, 5) is 22.2. The molecule has 4 heterocycles. The third-order valence-electron chi connectivity index (χ3n) is 5.24. The predicted molar refractivity (Wildman–Crippen MR) is 91.2 cm³/mol. The molecule has 1 atom stereocenters. The number of aryl methyl sites for hydroxylation is 1. The first-order valence-corrected chi connectivity index (χ1v) is 8.70. The monoisotopic (exact) mass is 360 g/mol. The molecule has 0 bridgehead atoms. The Balaban J connectivity index is 1.30. The first kappa shape index (κ1) is 16.9. The number of amides is 1. The fourth-order valence-electron chi connectivity index (χ4n) is 3.80. The largest absolute Gasteiger partial charge is 0.371 e. The first-order chi connectivity index (χ1) is 12.6. The lowest BCUT2D eigenvalue weighted by atomic mass is 9.79. The molecule has 0 unspecified atom stereocenters. The van der Waals surface area contributed by atoms with Crippen LogP contribution in [0.2, 0.25) is 0 Å². The topological polar surface area (TPSA) is 85.2 Å². The Hall–Kier alpha value is -2.55. The molecule has 1 N–H and O–H groups in total. The van der Waals surface area contributed by atoms with Gasteiger partial charge in [0.1, 0.15) is 11.3 Å². The number of carbonyl (C=O) groups is 1. The Bertz CT molecular complexity index is 787. The number of hydrogen-bond acceptors (Lipinski definition) is 6. The summed E-state index contributed by atoms with van der Waals surface area (Å²) in [5.41, 5.74) is 0.334. The standard InChI is InChI=1S/C17H21FN6O2/c1-23-14(3-6-22-23)15(25)19-5-2-12-4-7-26-17(12)10-24(11-17)16-20-8-13(18)9-21-16/h3,6,8-9,12H,2,4-5,7,10-11H2,1H3,(H,19,25)/t12-/m0/s1. The van der Waals surface area contributed by atoms with Crippen LogP contribution < -0.4 is 10.2 Å². The third-order valence-corrected chi connectivity index (χ3v) is 5.24. The molecule has 0 radical (unpaired) electrons. The van der Waals surface area contributed by atoms with Gasteiger partial charge in [-0.15, -0.1) is 0 Å². The van der Waals surface area contributed by atoms with Gasteiger partial charge in [-0.05, 0) is 24.8 Å². The van der Waals surface area contributed by atoms with Crippen LogP contribution in [0, 0.1) is 11.7 Å². The van der Waals surface area contributed by atoms with Gasteiger partial charge in [0.2, 0.25) is 5.95 Å². The van der Waals surface area contributed by atoms with E-state index in [2.05, 4.69) is 20.4 Å². The van der Waals surface area contributed by atoms with E-state index in [0.29, 0.717) is 37.2 Å². The van der Waals surface area contributed by atoms with E-state index < -0.39 is 5.82 Å². The SMILES string of the molecule is Cn1nccc1C(=O)NCC[C@H]1CCOC12CN(c1ncc(F)cn1)C2. The zero-order valence-electron chi connectivity index (χ0n) is 14.6. The number of rotatable bonds is 5. The molecule has 2 aromatic heterocycles. The van der Waals surface area contributed by atoms with Crippen LogP contribution in [-0.2, 0) is 11.8 Å². The second-order valence-corrected chi connectivity index (χ2v) is 6.84. The van der Waals surface area contributed by atoms with Gasteiger partial charge in [0.15, 0.2) is 5.82 Å². The molecular formula is C17H21FN6O2. The lowest BCUT2D eigenvalue weighted by Gasteiger charge is -2.50. The van der Waals surface area contributed by atoms with Gasteiger partial charge in [-0.2, -0.15) is 5.10 Å². The number of hydrogen-bond donors (Lipinski definition) is 1. The Morgan fingerprint density at radius 3 is 2.88 bits per heavy atom. The van der Waals surface area contributed by atoms with Crippen molar-refractivity contribution >= 4 is 11.9 Å². The van der Waals surface area contributed by atoms with Crippen molar-refractivity contribution in [1.82, 2.24) is 25.1 Å². The van der Waals surface area contributed by atoms with Gasteiger partial charge in [-0.1, -0.05) is 0 Å². The average molecular weight is 360 g/mol. The lowest BCUT2D eigenvalue weighted by molar-refractivity contribution is -0.0459. The number of halogens is 1.